The van der Waals surface area contributed by atoms with Crippen LogP contribution >= 0.6 is 23.2 Å². The number of anilines is 2. The Morgan fingerprint density at radius 1 is 1.09 bits per heavy atom. The molecular formula is C16H14Cl2N2O3. The number of amides is 1. The minimum Gasteiger partial charge on any atom is -0.452 e. The standard InChI is InChI=1S/C16H14Cl2N2O3/c1-19-13-5-3-2-4-11(13)16(22)23-9-15(21)20-14-7-6-10(17)8-12(14)18/h2-8,19H,9H2,1H3,(H,20,21). The zero-order valence-electron chi connectivity index (χ0n) is 12.2. The highest BCUT2D eigenvalue weighted by atomic mass is 35.5. The van der Waals surface area contributed by atoms with Gasteiger partial charge in [0.25, 0.3) is 5.91 Å². The zero-order valence-corrected chi connectivity index (χ0v) is 13.7. The Morgan fingerprint density at radius 3 is 2.52 bits per heavy atom. The fourth-order valence-corrected chi connectivity index (χ4v) is 2.32. The minimum atomic E-state index is -0.590. The largest absolute Gasteiger partial charge is 0.452 e. The van der Waals surface area contributed by atoms with Crippen molar-refractivity contribution >= 4 is 46.5 Å². The van der Waals surface area contributed by atoms with Crippen LogP contribution in [-0.4, -0.2) is 25.5 Å². The van der Waals surface area contributed by atoms with Gasteiger partial charge in [0.05, 0.1) is 16.3 Å². The van der Waals surface area contributed by atoms with E-state index in [9.17, 15) is 9.59 Å². The summed E-state index contributed by atoms with van der Waals surface area (Å²) >= 11 is 11.7. The van der Waals surface area contributed by atoms with Crippen molar-refractivity contribution in [1.29, 1.82) is 0 Å². The second-order valence-electron chi connectivity index (χ2n) is 4.54. The lowest BCUT2D eigenvalue weighted by Gasteiger charge is -2.10. The summed E-state index contributed by atoms with van der Waals surface area (Å²) in [6.45, 7) is -0.421. The quantitative estimate of drug-likeness (QED) is 0.802. The van der Waals surface area contributed by atoms with Crippen LogP contribution in [-0.2, 0) is 9.53 Å². The fourth-order valence-electron chi connectivity index (χ4n) is 1.87. The normalized spacial score (nSPS) is 10.0. The van der Waals surface area contributed by atoms with Crippen molar-refractivity contribution in [3.05, 3.63) is 58.1 Å². The van der Waals surface area contributed by atoms with Crippen LogP contribution in [0.1, 0.15) is 10.4 Å². The van der Waals surface area contributed by atoms with E-state index in [-0.39, 0.29) is 0 Å². The fraction of sp³-hybridized carbons (Fsp3) is 0.125. The zero-order chi connectivity index (χ0) is 16.8. The van der Waals surface area contributed by atoms with E-state index in [4.69, 9.17) is 27.9 Å². The van der Waals surface area contributed by atoms with Crippen LogP contribution in [0.3, 0.4) is 0 Å². The van der Waals surface area contributed by atoms with E-state index in [0.717, 1.165) is 0 Å². The van der Waals surface area contributed by atoms with Gasteiger partial charge in [-0.1, -0.05) is 35.3 Å². The molecule has 0 radical (unpaired) electrons. The van der Waals surface area contributed by atoms with Gasteiger partial charge in [0.2, 0.25) is 0 Å². The third kappa shape index (κ3) is 4.61. The summed E-state index contributed by atoms with van der Waals surface area (Å²) in [4.78, 5) is 23.9. The summed E-state index contributed by atoms with van der Waals surface area (Å²) in [5, 5.41) is 6.20. The van der Waals surface area contributed by atoms with Gasteiger partial charge in [0, 0.05) is 17.8 Å². The maximum atomic E-state index is 12.0. The smallest absolute Gasteiger partial charge is 0.340 e. The molecule has 2 N–H and O–H groups in total. The molecule has 0 fully saturated rings. The van der Waals surface area contributed by atoms with Gasteiger partial charge in [-0.2, -0.15) is 0 Å². The Balaban J connectivity index is 1.95. The molecule has 0 bridgehead atoms. The lowest BCUT2D eigenvalue weighted by molar-refractivity contribution is -0.119. The molecule has 0 spiro atoms. The van der Waals surface area contributed by atoms with E-state index >= 15 is 0 Å². The molecule has 2 rings (SSSR count). The van der Waals surface area contributed by atoms with Crippen molar-refractivity contribution in [3.63, 3.8) is 0 Å². The first-order chi connectivity index (χ1) is 11.0. The highest BCUT2D eigenvalue weighted by molar-refractivity contribution is 6.36. The molecule has 0 aliphatic heterocycles. The molecular weight excluding hydrogens is 339 g/mol. The third-order valence-electron chi connectivity index (χ3n) is 2.96. The second kappa shape index (κ2) is 7.85. The van der Waals surface area contributed by atoms with Crippen molar-refractivity contribution in [3.8, 4) is 0 Å². The van der Waals surface area contributed by atoms with Crippen LogP contribution in [0.2, 0.25) is 10.0 Å². The van der Waals surface area contributed by atoms with Crippen LogP contribution in [0, 0.1) is 0 Å². The average molecular weight is 353 g/mol. The molecule has 0 aliphatic rings. The number of ether oxygens (including phenoxy) is 1. The number of benzene rings is 2. The van der Waals surface area contributed by atoms with E-state index in [1.807, 2.05) is 0 Å². The van der Waals surface area contributed by atoms with Crippen molar-refractivity contribution in [2.45, 2.75) is 0 Å². The number of nitrogens with one attached hydrogen (secondary N) is 2. The summed E-state index contributed by atoms with van der Waals surface area (Å²) in [5.74, 6) is -1.09. The number of carbonyl (C=O) groups excluding carboxylic acids is 2. The van der Waals surface area contributed by atoms with E-state index in [2.05, 4.69) is 10.6 Å². The molecule has 0 aliphatic carbocycles. The van der Waals surface area contributed by atoms with Gasteiger partial charge >= 0.3 is 5.97 Å². The van der Waals surface area contributed by atoms with Crippen LogP contribution in [0.25, 0.3) is 0 Å². The highest BCUT2D eigenvalue weighted by Crippen LogP contribution is 2.25. The van der Waals surface area contributed by atoms with Crippen molar-refractivity contribution in [2.75, 3.05) is 24.3 Å². The average Bonchev–Trinajstić information content (AvgIpc) is 2.55. The summed E-state index contributed by atoms with van der Waals surface area (Å²) in [6, 6.07) is 11.5. The van der Waals surface area contributed by atoms with E-state index in [1.165, 1.54) is 6.07 Å². The molecule has 0 atom stereocenters. The van der Waals surface area contributed by atoms with Gasteiger partial charge in [0.1, 0.15) is 0 Å². The molecule has 120 valence electrons. The number of hydrogen-bond acceptors (Lipinski definition) is 4. The first-order valence-electron chi connectivity index (χ1n) is 6.70. The molecule has 23 heavy (non-hydrogen) atoms. The molecule has 7 heteroatoms. The predicted octanol–water partition coefficient (Wildman–Crippen LogP) is 3.83. The predicted molar refractivity (Wildman–Crippen MR) is 91.4 cm³/mol. The Labute approximate surface area is 143 Å². The molecule has 0 unspecified atom stereocenters. The molecule has 2 aromatic carbocycles. The van der Waals surface area contributed by atoms with Gasteiger partial charge in [-0.25, -0.2) is 4.79 Å². The number of halogens is 2. The molecule has 5 nitrogen and oxygen atoms in total. The van der Waals surface area contributed by atoms with Crippen LogP contribution in [0.4, 0.5) is 11.4 Å². The number of esters is 1. The first kappa shape index (κ1) is 17.1. The number of rotatable bonds is 5. The Bertz CT molecular complexity index is 735. The molecule has 0 aromatic heterocycles. The molecule has 2 aromatic rings. The summed E-state index contributed by atoms with van der Waals surface area (Å²) < 4.78 is 5.01. The van der Waals surface area contributed by atoms with Gasteiger partial charge in [-0.15, -0.1) is 0 Å². The van der Waals surface area contributed by atoms with E-state index in [0.29, 0.717) is 27.0 Å². The van der Waals surface area contributed by atoms with Crippen LogP contribution in [0.15, 0.2) is 42.5 Å². The summed E-state index contributed by atoms with van der Waals surface area (Å²) in [6.07, 6.45) is 0. The third-order valence-corrected chi connectivity index (χ3v) is 3.50. The Kier molecular flexibility index (Phi) is 5.84. The van der Waals surface area contributed by atoms with Crippen LogP contribution < -0.4 is 10.6 Å². The minimum absolute atomic E-state index is 0.303. The number of carbonyl (C=O) groups is 2. The molecule has 0 saturated carbocycles. The number of hydrogen-bond donors (Lipinski definition) is 2. The molecule has 0 saturated heterocycles. The number of para-hydroxylation sites is 1. The lowest BCUT2D eigenvalue weighted by Crippen LogP contribution is -2.21. The summed E-state index contributed by atoms with van der Waals surface area (Å²) in [5.41, 5.74) is 1.37. The Hall–Kier alpha value is -2.24. The van der Waals surface area contributed by atoms with E-state index < -0.39 is 18.5 Å². The molecule has 1 amide bonds. The van der Waals surface area contributed by atoms with Crippen LogP contribution in [0.5, 0.6) is 0 Å². The second-order valence-corrected chi connectivity index (χ2v) is 5.39. The topological polar surface area (TPSA) is 67.4 Å². The maximum absolute atomic E-state index is 12.0. The highest BCUT2D eigenvalue weighted by Gasteiger charge is 2.14. The molecule has 0 heterocycles. The monoisotopic (exact) mass is 352 g/mol. The van der Waals surface area contributed by atoms with Gasteiger partial charge in [-0.3, -0.25) is 4.79 Å². The maximum Gasteiger partial charge on any atom is 0.340 e. The van der Waals surface area contributed by atoms with Gasteiger partial charge in [0.15, 0.2) is 6.61 Å². The van der Waals surface area contributed by atoms with Gasteiger partial charge < -0.3 is 15.4 Å². The van der Waals surface area contributed by atoms with Crippen molar-refractivity contribution in [2.24, 2.45) is 0 Å². The first-order valence-corrected chi connectivity index (χ1v) is 7.45. The van der Waals surface area contributed by atoms with Crippen molar-refractivity contribution < 1.29 is 14.3 Å². The SMILES string of the molecule is CNc1ccccc1C(=O)OCC(=O)Nc1ccc(Cl)cc1Cl. The van der Waals surface area contributed by atoms with Gasteiger partial charge in [-0.05, 0) is 30.3 Å². The van der Waals surface area contributed by atoms with E-state index in [1.54, 1.807) is 43.4 Å². The Morgan fingerprint density at radius 2 is 1.83 bits per heavy atom. The lowest BCUT2D eigenvalue weighted by atomic mass is 10.2. The van der Waals surface area contributed by atoms with Crippen molar-refractivity contribution in [1.82, 2.24) is 0 Å². The summed E-state index contributed by atoms with van der Waals surface area (Å²) in [7, 11) is 1.70.